The number of hydrogen-bond acceptors (Lipinski definition) is 6. The van der Waals surface area contributed by atoms with Crippen LogP contribution in [0.2, 0.25) is 0 Å². The Kier molecular flexibility index (Phi) is 4.30. The summed E-state index contributed by atoms with van der Waals surface area (Å²) >= 11 is 0. The molecule has 2 heterocycles. The maximum atomic E-state index is 12.2. The van der Waals surface area contributed by atoms with Gasteiger partial charge in [0.15, 0.2) is 5.69 Å². The summed E-state index contributed by atoms with van der Waals surface area (Å²) in [7, 11) is 2.00. The number of nitrogens with zero attached hydrogens (tertiary/aromatic N) is 5. The van der Waals surface area contributed by atoms with E-state index in [9.17, 15) is 9.59 Å². The van der Waals surface area contributed by atoms with Crippen molar-refractivity contribution in [3.63, 3.8) is 0 Å². The Morgan fingerprint density at radius 2 is 1.95 bits per heavy atom. The molecule has 110 valence electrons. The molecular formula is C11H18N6O3. The van der Waals surface area contributed by atoms with Crippen LogP contribution in [-0.4, -0.2) is 75.0 Å². The first-order valence-electron chi connectivity index (χ1n) is 6.35. The van der Waals surface area contributed by atoms with E-state index >= 15 is 0 Å². The lowest BCUT2D eigenvalue weighted by Gasteiger charge is -2.32. The number of piperazine rings is 1. The zero-order valence-corrected chi connectivity index (χ0v) is 11.3. The first-order chi connectivity index (χ1) is 9.52. The van der Waals surface area contributed by atoms with E-state index in [1.165, 1.54) is 4.68 Å². The summed E-state index contributed by atoms with van der Waals surface area (Å²) in [6.45, 7) is 2.92. The highest BCUT2D eigenvalue weighted by molar-refractivity contribution is 5.86. The number of aromatic carboxylic acids is 1. The highest BCUT2D eigenvalue weighted by atomic mass is 16.4. The normalized spacial score (nSPS) is 16.4. The number of rotatable bonds is 4. The van der Waals surface area contributed by atoms with Gasteiger partial charge < -0.3 is 20.6 Å². The maximum Gasteiger partial charge on any atom is 0.358 e. The van der Waals surface area contributed by atoms with Crippen LogP contribution >= 0.6 is 0 Å². The number of carbonyl (C=O) groups excluding carboxylic acids is 1. The lowest BCUT2D eigenvalue weighted by molar-refractivity contribution is -0.133. The number of likely N-dealkylation sites (N-methyl/N-ethyl adjacent to an activating group) is 1. The molecule has 1 saturated heterocycles. The number of aromatic nitrogens is 3. The van der Waals surface area contributed by atoms with E-state index in [2.05, 4.69) is 15.2 Å². The van der Waals surface area contributed by atoms with Crippen LogP contribution in [0.4, 0.5) is 0 Å². The minimum atomic E-state index is -1.19. The fraction of sp³-hybridized carbons (Fsp3) is 0.636. The van der Waals surface area contributed by atoms with Crippen molar-refractivity contribution in [2.75, 3.05) is 33.2 Å². The van der Waals surface area contributed by atoms with Gasteiger partial charge in [-0.05, 0) is 7.05 Å². The summed E-state index contributed by atoms with van der Waals surface area (Å²) in [5.74, 6) is -1.29. The number of carboxylic acid groups (broad SMARTS) is 1. The molecule has 1 aliphatic rings. The molecule has 1 fully saturated rings. The lowest BCUT2D eigenvalue weighted by atomic mass is 10.3. The molecule has 0 unspecified atom stereocenters. The SMILES string of the molecule is CN1CCN(C(=O)Cn2nnc(C(=O)O)c2CN)CC1. The smallest absolute Gasteiger partial charge is 0.358 e. The van der Waals surface area contributed by atoms with Gasteiger partial charge in [0, 0.05) is 32.7 Å². The van der Waals surface area contributed by atoms with E-state index in [1.54, 1.807) is 4.90 Å². The van der Waals surface area contributed by atoms with E-state index in [4.69, 9.17) is 10.8 Å². The van der Waals surface area contributed by atoms with Crippen LogP contribution in [0.3, 0.4) is 0 Å². The Morgan fingerprint density at radius 1 is 1.30 bits per heavy atom. The van der Waals surface area contributed by atoms with E-state index in [-0.39, 0.29) is 30.4 Å². The summed E-state index contributed by atoms with van der Waals surface area (Å²) in [4.78, 5) is 27.0. The van der Waals surface area contributed by atoms with Gasteiger partial charge in [-0.1, -0.05) is 5.21 Å². The average molecular weight is 282 g/mol. The van der Waals surface area contributed by atoms with Crippen molar-refractivity contribution in [1.82, 2.24) is 24.8 Å². The second kappa shape index (κ2) is 5.97. The largest absolute Gasteiger partial charge is 0.476 e. The Hall–Kier alpha value is -2.00. The summed E-state index contributed by atoms with van der Waals surface area (Å²) in [6.07, 6.45) is 0. The first kappa shape index (κ1) is 14.4. The number of hydrogen-bond donors (Lipinski definition) is 2. The molecule has 0 aliphatic carbocycles. The van der Waals surface area contributed by atoms with Crippen molar-refractivity contribution in [2.24, 2.45) is 5.73 Å². The molecule has 0 atom stereocenters. The molecule has 9 nitrogen and oxygen atoms in total. The van der Waals surface area contributed by atoms with Gasteiger partial charge in [0.2, 0.25) is 5.91 Å². The van der Waals surface area contributed by atoms with Gasteiger partial charge in [-0.2, -0.15) is 0 Å². The van der Waals surface area contributed by atoms with E-state index in [1.807, 2.05) is 7.05 Å². The van der Waals surface area contributed by atoms with Crippen LogP contribution in [0.15, 0.2) is 0 Å². The monoisotopic (exact) mass is 282 g/mol. The second-order valence-electron chi connectivity index (χ2n) is 4.74. The van der Waals surface area contributed by atoms with Crippen molar-refractivity contribution in [3.8, 4) is 0 Å². The fourth-order valence-corrected chi connectivity index (χ4v) is 2.11. The molecule has 9 heteroatoms. The molecule has 0 bridgehead atoms. The predicted molar refractivity (Wildman–Crippen MR) is 68.9 cm³/mol. The third-order valence-electron chi connectivity index (χ3n) is 3.37. The number of amides is 1. The highest BCUT2D eigenvalue weighted by Gasteiger charge is 2.23. The predicted octanol–water partition coefficient (Wildman–Crippen LogP) is -1.79. The van der Waals surface area contributed by atoms with Crippen molar-refractivity contribution < 1.29 is 14.7 Å². The van der Waals surface area contributed by atoms with Crippen LogP contribution in [-0.2, 0) is 17.9 Å². The molecule has 0 spiro atoms. The Morgan fingerprint density at radius 3 is 2.50 bits per heavy atom. The summed E-state index contributed by atoms with van der Waals surface area (Å²) in [5, 5.41) is 16.2. The topological polar surface area (TPSA) is 118 Å². The quantitative estimate of drug-likeness (QED) is 0.669. The molecule has 1 aromatic rings. The van der Waals surface area contributed by atoms with Crippen molar-refractivity contribution in [2.45, 2.75) is 13.1 Å². The number of nitrogens with two attached hydrogens (primary N) is 1. The van der Waals surface area contributed by atoms with Crippen LogP contribution in [0.25, 0.3) is 0 Å². The van der Waals surface area contributed by atoms with Gasteiger partial charge in [-0.15, -0.1) is 5.10 Å². The van der Waals surface area contributed by atoms with Gasteiger partial charge in [-0.3, -0.25) is 4.79 Å². The van der Waals surface area contributed by atoms with Crippen LogP contribution in [0, 0.1) is 0 Å². The van der Waals surface area contributed by atoms with E-state index in [0.29, 0.717) is 13.1 Å². The Balaban J connectivity index is 2.06. The molecule has 1 aliphatic heterocycles. The molecular weight excluding hydrogens is 264 g/mol. The van der Waals surface area contributed by atoms with Crippen LogP contribution in [0.1, 0.15) is 16.2 Å². The van der Waals surface area contributed by atoms with Crippen LogP contribution < -0.4 is 5.73 Å². The van der Waals surface area contributed by atoms with Crippen molar-refractivity contribution in [1.29, 1.82) is 0 Å². The van der Waals surface area contributed by atoms with Gasteiger partial charge in [-0.25, -0.2) is 9.48 Å². The molecule has 0 saturated carbocycles. The summed E-state index contributed by atoms with van der Waals surface area (Å²) < 4.78 is 1.27. The molecule has 3 N–H and O–H groups in total. The van der Waals surface area contributed by atoms with Gasteiger partial charge >= 0.3 is 5.97 Å². The minimum Gasteiger partial charge on any atom is -0.476 e. The van der Waals surface area contributed by atoms with E-state index in [0.717, 1.165) is 13.1 Å². The molecule has 1 aromatic heterocycles. The lowest BCUT2D eigenvalue weighted by Crippen LogP contribution is -2.48. The molecule has 1 amide bonds. The van der Waals surface area contributed by atoms with Crippen molar-refractivity contribution >= 4 is 11.9 Å². The third-order valence-corrected chi connectivity index (χ3v) is 3.37. The zero-order chi connectivity index (χ0) is 14.7. The number of carboxylic acids is 1. The van der Waals surface area contributed by atoms with Crippen LogP contribution in [0.5, 0.6) is 0 Å². The maximum absolute atomic E-state index is 12.2. The molecule has 2 rings (SSSR count). The summed E-state index contributed by atoms with van der Waals surface area (Å²) in [5.41, 5.74) is 5.58. The Labute approximate surface area is 115 Å². The van der Waals surface area contributed by atoms with Gasteiger partial charge in [0.05, 0.1) is 5.69 Å². The van der Waals surface area contributed by atoms with E-state index < -0.39 is 5.97 Å². The Bertz CT molecular complexity index is 506. The average Bonchev–Trinajstić information content (AvgIpc) is 2.82. The number of carbonyl (C=O) groups is 2. The molecule has 20 heavy (non-hydrogen) atoms. The third kappa shape index (κ3) is 2.94. The minimum absolute atomic E-state index is 0.0232. The first-order valence-corrected chi connectivity index (χ1v) is 6.35. The molecule has 0 aromatic carbocycles. The standard InChI is InChI=1S/C11H18N6O3/c1-15-2-4-16(5-3-15)9(18)7-17-8(6-12)10(11(19)20)13-14-17/h2-7,12H2,1H3,(H,19,20). The van der Waals surface area contributed by atoms with Gasteiger partial charge in [0.25, 0.3) is 0 Å². The highest BCUT2D eigenvalue weighted by Crippen LogP contribution is 2.07. The van der Waals surface area contributed by atoms with Gasteiger partial charge in [0.1, 0.15) is 6.54 Å². The zero-order valence-electron chi connectivity index (χ0n) is 11.3. The fourth-order valence-electron chi connectivity index (χ4n) is 2.11. The second-order valence-corrected chi connectivity index (χ2v) is 4.74. The van der Waals surface area contributed by atoms with Crippen molar-refractivity contribution in [3.05, 3.63) is 11.4 Å². The summed E-state index contributed by atoms with van der Waals surface area (Å²) in [6, 6.07) is 0. The molecule has 0 radical (unpaired) electrons.